The van der Waals surface area contributed by atoms with Crippen LogP contribution in [0.4, 0.5) is 8.78 Å². The second-order valence-electron chi connectivity index (χ2n) is 4.41. The lowest BCUT2D eigenvalue weighted by molar-refractivity contribution is 0.458. The molecule has 1 heterocycles. The number of rotatable bonds is 5. The molecule has 1 aromatic carbocycles. The molecule has 19 heavy (non-hydrogen) atoms. The van der Waals surface area contributed by atoms with Crippen LogP contribution in [0.25, 0.3) is 0 Å². The minimum absolute atomic E-state index is 0.290. The quantitative estimate of drug-likeness (QED) is 0.900. The van der Waals surface area contributed by atoms with E-state index in [9.17, 15) is 8.78 Å². The number of likely N-dealkylation sites (N-methyl/N-ethyl adjacent to an activating group) is 1. The molecular formula is C14H17F2N3. The van der Waals surface area contributed by atoms with Crippen LogP contribution in [0.1, 0.15) is 24.4 Å². The Bertz CT molecular complexity index is 551. The molecule has 2 rings (SSSR count). The number of aryl methyl sites for hydroxylation is 1. The van der Waals surface area contributed by atoms with Crippen LogP contribution in [0, 0.1) is 11.6 Å². The molecule has 1 atom stereocenters. The maximum atomic E-state index is 13.9. The van der Waals surface area contributed by atoms with E-state index in [1.165, 1.54) is 6.07 Å². The normalized spacial score (nSPS) is 12.6. The first-order chi connectivity index (χ1) is 9.13. The molecule has 0 bridgehead atoms. The minimum atomic E-state index is -0.819. The van der Waals surface area contributed by atoms with Gasteiger partial charge in [-0.3, -0.25) is 0 Å². The van der Waals surface area contributed by atoms with Gasteiger partial charge in [0.15, 0.2) is 11.6 Å². The molecule has 2 aromatic rings. The Hall–Kier alpha value is -1.75. The lowest BCUT2D eigenvalue weighted by Gasteiger charge is -2.19. The highest BCUT2D eigenvalue weighted by atomic mass is 19.2. The van der Waals surface area contributed by atoms with E-state index in [-0.39, 0.29) is 6.04 Å². The van der Waals surface area contributed by atoms with Crippen LogP contribution in [0.15, 0.2) is 30.6 Å². The van der Waals surface area contributed by atoms with Crippen LogP contribution >= 0.6 is 0 Å². The van der Waals surface area contributed by atoms with Crippen molar-refractivity contribution in [1.82, 2.24) is 14.9 Å². The zero-order valence-electron chi connectivity index (χ0n) is 11.0. The number of nitrogens with one attached hydrogen (secondary N) is 1. The van der Waals surface area contributed by atoms with Crippen LogP contribution in [0.5, 0.6) is 0 Å². The zero-order valence-corrected chi connectivity index (χ0v) is 11.0. The van der Waals surface area contributed by atoms with Gasteiger partial charge in [-0.1, -0.05) is 19.1 Å². The summed E-state index contributed by atoms with van der Waals surface area (Å²) >= 11 is 0. The van der Waals surface area contributed by atoms with Crippen molar-refractivity contribution in [2.45, 2.75) is 19.4 Å². The molecule has 0 radical (unpaired) electrons. The van der Waals surface area contributed by atoms with Gasteiger partial charge < -0.3 is 9.88 Å². The lowest BCUT2D eigenvalue weighted by atomic mass is 10.0. The van der Waals surface area contributed by atoms with Gasteiger partial charge in [0.25, 0.3) is 0 Å². The van der Waals surface area contributed by atoms with E-state index >= 15 is 0 Å². The van der Waals surface area contributed by atoms with Gasteiger partial charge in [-0.05, 0) is 12.6 Å². The lowest BCUT2D eigenvalue weighted by Crippen LogP contribution is -2.25. The molecule has 1 unspecified atom stereocenters. The zero-order chi connectivity index (χ0) is 13.8. The Morgan fingerprint density at radius 3 is 2.79 bits per heavy atom. The number of nitrogens with zero attached hydrogens (tertiary/aromatic N) is 2. The molecule has 0 amide bonds. The maximum Gasteiger partial charge on any atom is 0.163 e. The van der Waals surface area contributed by atoms with Crippen LogP contribution < -0.4 is 5.32 Å². The third kappa shape index (κ3) is 2.98. The van der Waals surface area contributed by atoms with Gasteiger partial charge in [0.05, 0.1) is 0 Å². The molecule has 3 nitrogen and oxygen atoms in total. The molecule has 0 aliphatic heterocycles. The molecule has 1 N–H and O–H groups in total. The molecule has 0 fully saturated rings. The van der Waals surface area contributed by atoms with Crippen LogP contribution in [-0.4, -0.2) is 16.1 Å². The summed E-state index contributed by atoms with van der Waals surface area (Å²) in [6.45, 7) is 2.60. The van der Waals surface area contributed by atoms with Gasteiger partial charge in [-0.25, -0.2) is 13.8 Å². The van der Waals surface area contributed by atoms with Crippen molar-refractivity contribution in [1.29, 1.82) is 0 Å². The Morgan fingerprint density at radius 1 is 1.37 bits per heavy atom. The van der Waals surface area contributed by atoms with E-state index in [2.05, 4.69) is 10.3 Å². The van der Waals surface area contributed by atoms with Crippen molar-refractivity contribution in [2.75, 3.05) is 6.54 Å². The second-order valence-corrected chi connectivity index (χ2v) is 4.41. The van der Waals surface area contributed by atoms with Crippen LogP contribution in [-0.2, 0) is 13.5 Å². The predicted molar refractivity (Wildman–Crippen MR) is 69.7 cm³/mol. The fourth-order valence-electron chi connectivity index (χ4n) is 2.10. The average Bonchev–Trinajstić information content (AvgIpc) is 2.78. The molecule has 0 aliphatic rings. The fourth-order valence-corrected chi connectivity index (χ4v) is 2.10. The predicted octanol–water partition coefficient (Wildman–Crippen LogP) is 2.59. The first-order valence-electron chi connectivity index (χ1n) is 6.27. The van der Waals surface area contributed by atoms with E-state index < -0.39 is 11.6 Å². The van der Waals surface area contributed by atoms with Crippen molar-refractivity contribution in [3.05, 3.63) is 53.6 Å². The Labute approximate surface area is 111 Å². The van der Waals surface area contributed by atoms with E-state index in [1.807, 2.05) is 24.7 Å². The highest BCUT2D eigenvalue weighted by molar-refractivity contribution is 5.23. The van der Waals surface area contributed by atoms with Gasteiger partial charge in [-0.15, -0.1) is 0 Å². The van der Waals surface area contributed by atoms with Gasteiger partial charge in [0.1, 0.15) is 5.82 Å². The first-order valence-corrected chi connectivity index (χ1v) is 6.27. The van der Waals surface area contributed by atoms with Crippen LogP contribution in [0.2, 0.25) is 0 Å². The van der Waals surface area contributed by atoms with Gasteiger partial charge in [0.2, 0.25) is 0 Å². The summed E-state index contributed by atoms with van der Waals surface area (Å²) in [4.78, 5) is 4.22. The Kier molecular flexibility index (Phi) is 4.27. The molecular weight excluding hydrogens is 248 g/mol. The minimum Gasteiger partial charge on any atom is -0.338 e. The Morgan fingerprint density at radius 2 is 2.16 bits per heavy atom. The number of imidazole rings is 1. The molecule has 0 aliphatic carbocycles. The van der Waals surface area contributed by atoms with E-state index in [0.29, 0.717) is 18.5 Å². The van der Waals surface area contributed by atoms with E-state index in [1.54, 1.807) is 12.3 Å². The van der Waals surface area contributed by atoms with Gasteiger partial charge in [-0.2, -0.15) is 0 Å². The van der Waals surface area contributed by atoms with Crippen molar-refractivity contribution in [3.63, 3.8) is 0 Å². The largest absolute Gasteiger partial charge is 0.338 e. The molecule has 0 saturated heterocycles. The number of hydrogen-bond acceptors (Lipinski definition) is 2. The van der Waals surface area contributed by atoms with E-state index in [0.717, 1.165) is 11.9 Å². The smallest absolute Gasteiger partial charge is 0.163 e. The third-order valence-electron chi connectivity index (χ3n) is 3.12. The standard InChI is InChI=1S/C14H17F2N3/c1-3-17-12(9-13-18-7-8-19(13)2)10-5-4-6-11(15)14(10)16/h4-8,12,17H,3,9H2,1-2H3. The van der Waals surface area contributed by atoms with E-state index in [4.69, 9.17) is 0 Å². The van der Waals surface area contributed by atoms with Crippen molar-refractivity contribution in [2.24, 2.45) is 7.05 Å². The summed E-state index contributed by atoms with van der Waals surface area (Å²) in [7, 11) is 1.88. The summed E-state index contributed by atoms with van der Waals surface area (Å²) in [5, 5.41) is 3.17. The molecule has 5 heteroatoms. The summed E-state index contributed by atoms with van der Waals surface area (Å²) < 4.78 is 29.1. The van der Waals surface area contributed by atoms with Crippen LogP contribution in [0.3, 0.4) is 0 Å². The number of benzene rings is 1. The first kappa shape index (κ1) is 13.7. The van der Waals surface area contributed by atoms with Crippen molar-refractivity contribution < 1.29 is 8.78 Å². The maximum absolute atomic E-state index is 13.9. The van der Waals surface area contributed by atoms with Crippen molar-refractivity contribution >= 4 is 0 Å². The number of hydrogen-bond donors (Lipinski definition) is 1. The molecule has 102 valence electrons. The number of aromatic nitrogens is 2. The molecule has 0 saturated carbocycles. The van der Waals surface area contributed by atoms with Crippen molar-refractivity contribution in [3.8, 4) is 0 Å². The summed E-state index contributed by atoms with van der Waals surface area (Å²) in [5.74, 6) is -0.780. The molecule has 0 spiro atoms. The Balaban J connectivity index is 2.29. The fraction of sp³-hybridized carbons (Fsp3) is 0.357. The monoisotopic (exact) mass is 265 g/mol. The summed E-state index contributed by atoms with van der Waals surface area (Å²) in [5.41, 5.74) is 0.338. The SMILES string of the molecule is CCNC(Cc1nccn1C)c1cccc(F)c1F. The number of halogens is 2. The highest BCUT2D eigenvalue weighted by Gasteiger charge is 2.19. The second kappa shape index (κ2) is 5.93. The molecule has 1 aromatic heterocycles. The van der Waals surface area contributed by atoms with Gasteiger partial charge in [0, 0.05) is 37.5 Å². The average molecular weight is 265 g/mol. The van der Waals surface area contributed by atoms with Gasteiger partial charge >= 0.3 is 0 Å². The summed E-state index contributed by atoms with van der Waals surface area (Å²) in [6.07, 6.45) is 4.04. The highest BCUT2D eigenvalue weighted by Crippen LogP contribution is 2.22. The summed E-state index contributed by atoms with van der Waals surface area (Å²) in [6, 6.07) is 3.97. The topological polar surface area (TPSA) is 29.9 Å². The third-order valence-corrected chi connectivity index (χ3v) is 3.12.